The highest BCUT2D eigenvalue weighted by Gasteiger charge is 2.06. The zero-order valence-corrected chi connectivity index (χ0v) is 12.8. The lowest BCUT2D eigenvalue weighted by Crippen LogP contribution is -2.09. The second kappa shape index (κ2) is 11.7. The molecule has 96 valence electrons. The predicted molar refractivity (Wildman–Crippen MR) is 77.1 cm³/mol. The molecule has 0 bridgehead atoms. The molecule has 0 amide bonds. The van der Waals surface area contributed by atoms with Crippen molar-refractivity contribution in [3.63, 3.8) is 0 Å². The first-order chi connectivity index (χ1) is 7.70. The Morgan fingerprint density at radius 2 is 1.81 bits per heavy atom. The van der Waals surface area contributed by atoms with Gasteiger partial charge in [-0.15, -0.1) is 0 Å². The predicted octanol–water partition coefficient (Wildman–Crippen LogP) is 4.49. The van der Waals surface area contributed by atoms with Crippen LogP contribution in [0.25, 0.3) is 0 Å². The van der Waals surface area contributed by atoms with E-state index in [0.717, 1.165) is 19.3 Å². The monoisotopic (exact) mass is 340 g/mol. The van der Waals surface area contributed by atoms with Crippen LogP contribution >= 0.6 is 22.6 Å². The molecule has 0 aliphatic heterocycles. The highest BCUT2D eigenvalue weighted by molar-refractivity contribution is 14.1. The Morgan fingerprint density at radius 3 is 2.44 bits per heavy atom. The van der Waals surface area contributed by atoms with Crippen molar-refractivity contribution in [1.82, 2.24) is 0 Å². The maximum Gasteiger partial charge on any atom is 0.305 e. The van der Waals surface area contributed by atoms with E-state index < -0.39 is 0 Å². The highest BCUT2D eigenvalue weighted by atomic mass is 127. The summed E-state index contributed by atoms with van der Waals surface area (Å²) in [5.41, 5.74) is 0. The number of hydrogen-bond donors (Lipinski definition) is 0. The summed E-state index contributed by atoms with van der Waals surface area (Å²) in [7, 11) is 0. The van der Waals surface area contributed by atoms with E-state index in [-0.39, 0.29) is 5.97 Å². The summed E-state index contributed by atoms with van der Waals surface area (Å²) in [4.78, 5) is 11.2. The Balaban J connectivity index is 3.32. The molecule has 0 fully saturated rings. The highest BCUT2D eigenvalue weighted by Crippen LogP contribution is 2.15. The van der Waals surface area contributed by atoms with Gasteiger partial charge in [-0.05, 0) is 19.3 Å². The van der Waals surface area contributed by atoms with Gasteiger partial charge in [0, 0.05) is 10.3 Å². The normalized spacial score (nSPS) is 12.4. The minimum Gasteiger partial charge on any atom is -0.466 e. The van der Waals surface area contributed by atoms with Crippen molar-refractivity contribution >= 4 is 28.6 Å². The number of carbonyl (C=O) groups is 1. The van der Waals surface area contributed by atoms with Crippen molar-refractivity contribution in [1.29, 1.82) is 0 Å². The zero-order chi connectivity index (χ0) is 12.2. The Bertz CT molecular complexity index is 171. The van der Waals surface area contributed by atoms with E-state index in [1.165, 1.54) is 25.7 Å². The minimum absolute atomic E-state index is 0.0287. The molecule has 0 heterocycles. The molecule has 0 saturated carbocycles. The minimum atomic E-state index is -0.0287. The Labute approximate surface area is 114 Å². The second-order valence-electron chi connectivity index (χ2n) is 4.21. The van der Waals surface area contributed by atoms with Crippen molar-refractivity contribution in [3.8, 4) is 0 Å². The second-order valence-corrected chi connectivity index (χ2v) is 5.97. The first-order valence-electron chi connectivity index (χ1n) is 6.50. The van der Waals surface area contributed by atoms with Gasteiger partial charge < -0.3 is 4.74 Å². The SMILES string of the molecule is CCCCCC(I)CCOC(=O)CCCC. The number of ether oxygens (including phenoxy) is 1. The maximum atomic E-state index is 11.2. The average Bonchev–Trinajstić information content (AvgIpc) is 2.26. The third-order valence-corrected chi connectivity index (χ3v) is 3.80. The summed E-state index contributed by atoms with van der Waals surface area (Å²) in [5, 5.41) is 0. The van der Waals surface area contributed by atoms with Crippen LogP contribution in [0.2, 0.25) is 0 Å². The number of rotatable bonds is 10. The standard InChI is InChI=1S/C13H25IO2/c1-3-5-7-8-12(14)10-11-16-13(15)9-6-4-2/h12H,3-11H2,1-2H3. The van der Waals surface area contributed by atoms with Crippen LogP contribution in [-0.2, 0) is 9.53 Å². The number of alkyl halides is 1. The third kappa shape index (κ3) is 10.7. The van der Waals surface area contributed by atoms with Crippen molar-refractivity contribution < 1.29 is 9.53 Å². The van der Waals surface area contributed by atoms with Gasteiger partial charge in [-0.25, -0.2) is 0 Å². The van der Waals surface area contributed by atoms with Crippen LogP contribution in [0.3, 0.4) is 0 Å². The van der Waals surface area contributed by atoms with Gasteiger partial charge in [0.15, 0.2) is 0 Å². The van der Waals surface area contributed by atoms with Crippen molar-refractivity contribution in [2.45, 2.75) is 69.1 Å². The van der Waals surface area contributed by atoms with E-state index >= 15 is 0 Å². The zero-order valence-electron chi connectivity index (χ0n) is 10.6. The lowest BCUT2D eigenvalue weighted by Gasteiger charge is -2.09. The molecule has 0 aliphatic rings. The van der Waals surface area contributed by atoms with Crippen LogP contribution < -0.4 is 0 Å². The summed E-state index contributed by atoms with van der Waals surface area (Å²) in [6, 6.07) is 0. The van der Waals surface area contributed by atoms with Crippen LogP contribution in [0.15, 0.2) is 0 Å². The largest absolute Gasteiger partial charge is 0.466 e. The molecule has 0 rings (SSSR count). The fourth-order valence-electron chi connectivity index (χ4n) is 1.45. The molecule has 1 atom stereocenters. The summed E-state index contributed by atoms with van der Waals surface area (Å²) in [5.74, 6) is -0.0287. The van der Waals surface area contributed by atoms with Crippen LogP contribution in [0.4, 0.5) is 0 Å². The van der Waals surface area contributed by atoms with Crippen LogP contribution in [0.1, 0.15) is 65.2 Å². The lowest BCUT2D eigenvalue weighted by atomic mass is 10.1. The van der Waals surface area contributed by atoms with Gasteiger partial charge in [-0.1, -0.05) is 62.1 Å². The maximum absolute atomic E-state index is 11.2. The molecule has 0 saturated heterocycles. The number of halogens is 1. The number of esters is 1. The van der Waals surface area contributed by atoms with Gasteiger partial charge in [-0.3, -0.25) is 4.79 Å². The molecule has 16 heavy (non-hydrogen) atoms. The van der Waals surface area contributed by atoms with Gasteiger partial charge >= 0.3 is 5.97 Å². The molecule has 1 unspecified atom stereocenters. The average molecular weight is 340 g/mol. The Hall–Kier alpha value is 0.200. The van der Waals surface area contributed by atoms with Gasteiger partial charge in [0.25, 0.3) is 0 Å². The van der Waals surface area contributed by atoms with Crippen LogP contribution in [0.5, 0.6) is 0 Å². The van der Waals surface area contributed by atoms with Gasteiger partial charge in [-0.2, -0.15) is 0 Å². The van der Waals surface area contributed by atoms with Crippen molar-refractivity contribution in [3.05, 3.63) is 0 Å². The van der Waals surface area contributed by atoms with Crippen LogP contribution in [0, 0.1) is 0 Å². The molecule has 2 nitrogen and oxygen atoms in total. The van der Waals surface area contributed by atoms with Crippen LogP contribution in [-0.4, -0.2) is 16.5 Å². The van der Waals surface area contributed by atoms with E-state index in [2.05, 4.69) is 36.4 Å². The first-order valence-corrected chi connectivity index (χ1v) is 7.75. The van der Waals surface area contributed by atoms with E-state index in [1.807, 2.05) is 0 Å². The molecule has 0 spiro atoms. The fraction of sp³-hybridized carbons (Fsp3) is 0.923. The van der Waals surface area contributed by atoms with Gasteiger partial charge in [0.2, 0.25) is 0 Å². The first kappa shape index (κ1) is 16.2. The van der Waals surface area contributed by atoms with Crippen molar-refractivity contribution in [2.24, 2.45) is 0 Å². The van der Waals surface area contributed by atoms with E-state index in [9.17, 15) is 4.79 Å². The fourth-order valence-corrected chi connectivity index (χ4v) is 2.15. The molecule has 0 aromatic heterocycles. The number of hydrogen-bond acceptors (Lipinski definition) is 2. The molecule has 0 aliphatic carbocycles. The molecule has 0 N–H and O–H groups in total. The van der Waals surface area contributed by atoms with Gasteiger partial charge in [0.1, 0.15) is 0 Å². The molecular weight excluding hydrogens is 315 g/mol. The summed E-state index contributed by atoms with van der Waals surface area (Å²) in [6.45, 7) is 4.90. The van der Waals surface area contributed by atoms with Crippen molar-refractivity contribution in [2.75, 3.05) is 6.61 Å². The number of unbranched alkanes of at least 4 members (excludes halogenated alkanes) is 3. The van der Waals surface area contributed by atoms with E-state index in [0.29, 0.717) is 17.0 Å². The summed E-state index contributed by atoms with van der Waals surface area (Å²) >= 11 is 2.47. The molecular formula is C13H25IO2. The molecule has 3 heteroatoms. The topological polar surface area (TPSA) is 26.3 Å². The number of carbonyl (C=O) groups excluding carboxylic acids is 1. The van der Waals surface area contributed by atoms with E-state index in [4.69, 9.17) is 4.74 Å². The Morgan fingerprint density at radius 1 is 1.12 bits per heavy atom. The van der Waals surface area contributed by atoms with Gasteiger partial charge in [0.05, 0.1) is 6.61 Å². The molecule has 0 aromatic carbocycles. The smallest absolute Gasteiger partial charge is 0.305 e. The molecule has 0 aromatic rings. The lowest BCUT2D eigenvalue weighted by molar-refractivity contribution is -0.143. The Kier molecular flexibility index (Phi) is 11.8. The summed E-state index contributed by atoms with van der Waals surface area (Å²) in [6.07, 6.45) is 8.73. The third-order valence-electron chi connectivity index (χ3n) is 2.55. The quantitative estimate of drug-likeness (QED) is 0.253. The van der Waals surface area contributed by atoms with E-state index in [1.54, 1.807) is 0 Å². The summed E-state index contributed by atoms with van der Waals surface area (Å²) < 4.78 is 5.83. The molecule has 0 radical (unpaired) electrons.